The highest BCUT2D eigenvalue weighted by molar-refractivity contribution is 5.76. The number of nitrogens with one attached hydrogen (secondary N) is 1. The lowest BCUT2D eigenvalue weighted by Crippen LogP contribution is -2.40. The average Bonchev–Trinajstić information content (AvgIpc) is 3.16. The summed E-state index contributed by atoms with van der Waals surface area (Å²) in [4.78, 5) is 22.4. The number of nitrogens with zero attached hydrogens (tertiary/aromatic N) is 3. The Kier molecular flexibility index (Phi) is 5.33. The number of amides is 1. The molecule has 0 radical (unpaired) electrons. The number of hydrogen-bond acceptors (Lipinski definition) is 4. The van der Waals surface area contributed by atoms with Crippen molar-refractivity contribution in [2.24, 2.45) is 5.92 Å². The zero-order valence-electron chi connectivity index (χ0n) is 13.2. The van der Waals surface area contributed by atoms with Crippen LogP contribution in [-0.2, 0) is 11.3 Å². The summed E-state index contributed by atoms with van der Waals surface area (Å²) in [5, 5.41) is 2.97. The van der Waals surface area contributed by atoms with Crippen LogP contribution in [0.25, 0.3) is 0 Å². The molecule has 1 amide bonds. The molecule has 1 fully saturated rings. The molecule has 1 aliphatic carbocycles. The van der Waals surface area contributed by atoms with Crippen LogP contribution in [0.2, 0.25) is 0 Å². The second-order valence-electron chi connectivity index (χ2n) is 6.36. The van der Waals surface area contributed by atoms with E-state index in [1.54, 1.807) is 18.5 Å². The van der Waals surface area contributed by atoms with E-state index >= 15 is 0 Å². The van der Waals surface area contributed by atoms with E-state index in [4.69, 9.17) is 0 Å². The summed E-state index contributed by atoms with van der Waals surface area (Å²) in [6.45, 7) is 1.39. The fourth-order valence-electron chi connectivity index (χ4n) is 3.33. The number of aromatic nitrogens is 2. The van der Waals surface area contributed by atoms with E-state index in [1.165, 1.54) is 0 Å². The Labute approximate surface area is 136 Å². The largest absolute Gasteiger partial charge is 0.355 e. The summed E-state index contributed by atoms with van der Waals surface area (Å²) >= 11 is 0. The first-order valence-electron chi connectivity index (χ1n) is 8.28. The van der Waals surface area contributed by atoms with Gasteiger partial charge in [-0.1, -0.05) is 12.2 Å². The molecule has 1 unspecified atom stereocenters. The molecule has 0 saturated carbocycles. The lowest BCUT2D eigenvalue weighted by molar-refractivity contribution is -0.121. The molecule has 1 saturated heterocycles. The number of halogens is 1. The molecular weight excluding hydrogens is 295 g/mol. The van der Waals surface area contributed by atoms with Crippen LogP contribution in [0.5, 0.6) is 0 Å². The number of hydrogen-bond donors (Lipinski definition) is 1. The SMILES string of the molecule is O=C(CC1C=CCC1)NC[C@@H]1C[C@H](F)CN1Cc1ncccn1. The van der Waals surface area contributed by atoms with Gasteiger partial charge in [0.25, 0.3) is 0 Å². The highest BCUT2D eigenvalue weighted by Gasteiger charge is 2.32. The number of rotatable bonds is 6. The van der Waals surface area contributed by atoms with Crippen LogP contribution < -0.4 is 5.32 Å². The molecule has 5 nitrogen and oxygen atoms in total. The maximum Gasteiger partial charge on any atom is 0.220 e. The Morgan fingerprint density at radius 3 is 2.96 bits per heavy atom. The maximum absolute atomic E-state index is 13.8. The van der Waals surface area contributed by atoms with Gasteiger partial charge < -0.3 is 5.32 Å². The van der Waals surface area contributed by atoms with Crippen molar-refractivity contribution in [1.82, 2.24) is 20.2 Å². The van der Waals surface area contributed by atoms with E-state index in [9.17, 15) is 9.18 Å². The number of allylic oxidation sites excluding steroid dienone is 2. The molecule has 1 aromatic rings. The van der Waals surface area contributed by atoms with Crippen molar-refractivity contribution in [2.75, 3.05) is 13.1 Å². The van der Waals surface area contributed by atoms with Crippen molar-refractivity contribution in [3.63, 3.8) is 0 Å². The van der Waals surface area contributed by atoms with Crippen LogP contribution in [0.4, 0.5) is 4.39 Å². The molecule has 0 spiro atoms. The Balaban J connectivity index is 1.48. The topological polar surface area (TPSA) is 58.1 Å². The van der Waals surface area contributed by atoms with Gasteiger partial charge in [-0.3, -0.25) is 9.69 Å². The predicted molar refractivity (Wildman–Crippen MR) is 85.2 cm³/mol. The first kappa shape index (κ1) is 16.1. The fourth-order valence-corrected chi connectivity index (χ4v) is 3.33. The van der Waals surface area contributed by atoms with Crippen molar-refractivity contribution in [1.29, 1.82) is 0 Å². The molecule has 23 heavy (non-hydrogen) atoms. The lowest BCUT2D eigenvalue weighted by Gasteiger charge is -2.23. The Hall–Kier alpha value is -1.82. The standard InChI is InChI=1S/C17H23FN4O/c18-14-9-15(10-21-17(23)8-13-4-1-2-5-13)22(11-14)12-16-19-6-3-7-20-16/h1,3-4,6-7,13-15H,2,5,8-12H2,(H,21,23)/t13?,14-,15-/m0/s1. The second kappa shape index (κ2) is 7.64. The zero-order valence-corrected chi connectivity index (χ0v) is 13.2. The fraction of sp³-hybridized carbons (Fsp3) is 0.588. The van der Waals surface area contributed by atoms with E-state index in [0.717, 1.165) is 12.8 Å². The van der Waals surface area contributed by atoms with Crippen LogP contribution in [0, 0.1) is 5.92 Å². The minimum Gasteiger partial charge on any atom is -0.355 e. The average molecular weight is 318 g/mol. The zero-order chi connectivity index (χ0) is 16.1. The summed E-state index contributed by atoms with van der Waals surface area (Å²) in [6.07, 6.45) is 9.89. The van der Waals surface area contributed by atoms with Crippen LogP contribution in [0.1, 0.15) is 31.5 Å². The van der Waals surface area contributed by atoms with Gasteiger partial charge in [0.15, 0.2) is 0 Å². The second-order valence-corrected chi connectivity index (χ2v) is 6.36. The summed E-state index contributed by atoms with van der Waals surface area (Å²) in [6, 6.07) is 1.78. The summed E-state index contributed by atoms with van der Waals surface area (Å²) in [5.41, 5.74) is 0. The predicted octanol–water partition coefficient (Wildman–Crippen LogP) is 1.86. The van der Waals surface area contributed by atoms with Crippen molar-refractivity contribution in [2.45, 2.75) is 44.4 Å². The van der Waals surface area contributed by atoms with Crippen molar-refractivity contribution >= 4 is 5.91 Å². The van der Waals surface area contributed by atoms with E-state index in [0.29, 0.717) is 44.2 Å². The van der Waals surface area contributed by atoms with Crippen LogP contribution in [-0.4, -0.2) is 46.1 Å². The normalized spacial score (nSPS) is 27.4. The highest BCUT2D eigenvalue weighted by atomic mass is 19.1. The Morgan fingerprint density at radius 1 is 1.39 bits per heavy atom. The van der Waals surface area contributed by atoms with Gasteiger partial charge in [-0.25, -0.2) is 14.4 Å². The molecule has 0 aromatic carbocycles. The van der Waals surface area contributed by atoms with Crippen LogP contribution in [0.3, 0.4) is 0 Å². The molecule has 6 heteroatoms. The first-order chi connectivity index (χ1) is 11.2. The molecule has 1 N–H and O–H groups in total. The molecule has 0 bridgehead atoms. The molecule has 124 valence electrons. The number of alkyl halides is 1. The molecule has 3 atom stereocenters. The maximum atomic E-state index is 13.8. The lowest BCUT2D eigenvalue weighted by atomic mass is 10.0. The smallest absolute Gasteiger partial charge is 0.220 e. The quantitative estimate of drug-likeness (QED) is 0.814. The summed E-state index contributed by atoms with van der Waals surface area (Å²) < 4.78 is 13.8. The van der Waals surface area contributed by atoms with Gasteiger partial charge in [0.05, 0.1) is 6.54 Å². The van der Waals surface area contributed by atoms with E-state index < -0.39 is 6.17 Å². The van der Waals surface area contributed by atoms with Gasteiger partial charge in [0, 0.05) is 37.9 Å². The van der Waals surface area contributed by atoms with Crippen molar-refractivity contribution in [3.8, 4) is 0 Å². The van der Waals surface area contributed by atoms with Crippen LogP contribution in [0.15, 0.2) is 30.6 Å². The van der Waals surface area contributed by atoms with Gasteiger partial charge in [0.2, 0.25) is 5.91 Å². The summed E-state index contributed by atoms with van der Waals surface area (Å²) in [7, 11) is 0. The number of carbonyl (C=O) groups excluding carboxylic acids is 1. The van der Waals surface area contributed by atoms with E-state index in [2.05, 4.69) is 27.4 Å². The number of carbonyl (C=O) groups is 1. The minimum atomic E-state index is -0.849. The summed E-state index contributed by atoms with van der Waals surface area (Å²) in [5.74, 6) is 1.11. The van der Waals surface area contributed by atoms with Gasteiger partial charge in [0.1, 0.15) is 12.0 Å². The van der Waals surface area contributed by atoms with Crippen LogP contribution >= 0.6 is 0 Å². The van der Waals surface area contributed by atoms with Gasteiger partial charge in [-0.15, -0.1) is 0 Å². The highest BCUT2D eigenvalue weighted by Crippen LogP contribution is 2.22. The third kappa shape index (κ3) is 4.58. The Bertz CT molecular complexity index is 551. The van der Waals surface area contributed by atoms with E-state index in [1.807, 2.05) is 4.90 Å². The first-order valence-corrected chi connectivity index (χ1v) is 8.28. The van der Waals surface area contributed by atoms with Crippen molar-refractivity contribution < 1.29 is 9.18 Å². The molecular formula is C17H23FN4O. The molecule has 2 aliphatic rings. The molecule has 1 aromatic heterocycles. The van der Waals surface area contributed by atoms with Gasteiger partial charge >= 0.3 is 0 Å². The minimum absolute atomic E-state index is 0.0110. The van der Waals surface area contributed by atoms with Gasteiger partial charge in [-0.05, 0) is 31.2 Å². The molecule has 3 rings (SSSR count). The monoisotopic (exact) mass is 318 g/mol. The molecule has 2 heterocycles. The third-order valence-corrected chi connectivity index (χ3v) is 4.54. The van der Waals surface area contributed by atoms with Gasteiger partial charge in [-0.2, -0.15) is 0 Å². The van der Waals surface area contributed by atoms with Crippen molar-refractivity contribution in [3.05, 3.63) is 36.4 Å². The third-order valence-electron chi connectivity index (χ3n) is 4.54. The molecule has 1 aliphatic heterocycles. The Morgan fingerprint density at radius 2 is 2.22 bits per heavy atom. The number of likely N-dealkylation sites (tertiary alicyclic amines) is 1. The van der Waals surface area contributed by atoms with E-state index in [-0.39, 0.29) is 11.9 Å².